The molecule has 0 saturated heterocycles. The molecule has 0 N–H and O–H groups in total. The molecule has 5 heteroatoms. The van der Waals surface area contributed by atoms with Crippen LogP contribution in [-0.2, 0) is 6.54 Å². The topological polar surface area (TPSA) is 48.5 Å². The Balaban J connectivity index is 1.56. The highest BCUT2D eigenvalue weighted by Gasteiger charge is 2.21. The van der Waals surface area contributed by atoms with Crippen LogP contribution in [0.5, 0.6) is 5.75 Å². The van der Waals surface area contributed by atoms with Gasteiger partial charge in [-0.15, -0.1) is 6.58 Å². The van der Waals surface area contributed by atoms with E-state index >= 15 is 0 Å². The molecular weight excluding hydrogens is 398 g/mol. The fraction of sp³-hybridized carbons (Fsp3) is 0.111. The van der Waals surface area contributed by atoms with Crippen LogP contribution in [0.3, 0.4) is 0 Å². The van der Waals surface area contributed by atoms with E-state index in [1.807, 2.05) is 78.2 Å². The Morgan fingerprint density at radius 1 is 1.06 bits per heavy atom. The molecule has 5 rings (SSSR count). The molecule has 3 aromatic carbocycles. The van der Waals surface area contributed by atoms with Gasteiger partial charge in [-0.25, -0.2) is 4.52 Å². The minimum absolute atomic E-state index is 0.0690. The number of hydrogen-bond acceptors (Lipinski definition) is 3. The second kappa shape index (κ2) is 7.85. The van der Waals surface area contributed by atoms with Crippen molar-refractivity contribution in [1.29, 1.82) is 0 Å². The Morgan fingerprint density at radius 2 is 1.81 bits per heavy atom. The maximum Gasteiger partial charge on any atom is 0.191 e. The number of ketones is 1. The third-order valence-electron chi connectivity index (χ3n) is 5.75. The molecule has 0 fully saturated rings. The van der Waals surface area contributed by atoms with Crippen LogP contribution in [-0.4, -0.2) is 27.1 Å². The number of carbonyl (C=O) groups is 1. The molecule has 0 radical (unpaired) electrons. The van der Waals surface area contributed by atoms with Crippen LogP contribution in [0.2, 0.25) is 0 Å². The Bertz CT molecular complexity index is 1540. The molecule has 158 valence electrons. The van der Waals surface area contributed by atoms with Gasteiger partial charge in [0.05, 0.1) is 29.4 Å². The normalized spacial score (nSPS) is 11.7. The number of ether oxygens (including phenoxy) is 1. The van der Waals surface area contributed by atoms with Crippen molar-refractivity contribution in [1.82, 2.24) is 14.2 Å². The molecule has 2 aromatic heterocycles. The highest BCUT2D eigenvalue weighted by Crippen LogP contribution is 2.27. The summed E-state index contributed by atoms with van der Waals surface area (Å²) in [5.41, 5.74) is 5.08. The van der Waals surface area contributed by atoms with Crippen molar-refractivity contribution in [3.8, 4) is 5.75 Å². The van der Waals surface area contributed by atoms with E-state index < -0.39 is 0 Å². The molecule has 0 aliphatic heterocycles. The largest absolute Gasteiger partial charge is 0.497 e. The highest BCUT2D eigenvalue weighted by molar-refractivity contribution is 6.12. The number of imidazole rings is 1. The molecule has 5 aromatic rings. The van der Waals surface area contributed by atoms with Gasteiger partial charge in [-0.3, -0.25) is 4.79 Å². The van der Waals surface area contributed by atoms with E-state index in [2.05, 4.69) is 22.3 Å². The number of para-hydroxylation sites is 2. The summed E-state index contributed by atoms with van der Waals surface area (Å²) in [6, 6.07) is 20.1. The van der Waals surface area contributed by atoms with E-state index in [4.69, 9.17) is 4.74 Å². The van der Waals surface area contributed by atoms with E-state index in [0.717, 1.165) is 38.8 Å². The van der Waals surface area contributed by atoms with Crippen LogP contribution in [0, 0.1) is 6.92 Å². The number of hydrogen-bond donors (Lipinski definition) is 0. The zero-order valence-electron chi connectivity index (χ0n) is 18.1. The van der Waals surface area contributed by atoms with Crippen molar-refractivity contribution >= 4 is 39.3 Å². The molecule has 2 heterocycles. The Labute approximate surface area is 185 Å². The van der Waals surface area contributed by atoms with Gasteiger partial charge in [0, 0.05) is 6.54 Å². The second-order valence-electron chi connectivity index (χ2n) is 7.75. The van der Waals surface area contributed by atoms with Gasteiger partial charge in [0.2, 0.25) is 0 Å². The molecule has 0 unspecified atom stereocenters. The lowest BCUT2D eigenvalue weighted by molar-refractivity contribution is 0.104. The first kappa shape index (κ1) is 19.8. The molecule has 0 aliphatic rings. The summed E-state index contributed by atoms with van der Waals surface area (Å²) >= 11 is 0. The van der Waals surface area contributed by atoms with Crippen molar-refractivity contribution < 1.29 is 9.53 Å². The number of aryl methyl sites for hydroxylation is 1. The van der Waals surface area contributed by atoms with Gasteiger partial charge in [-0.05, 0) is 59.7 Å². The number of benzene rings is 3. The first-order chi connectivity index (χ1) is 15.6. The van der Waals surface area contributed by atoms with Crippen molar-refractivity contribution in [3.63, 3.8) is 0 Å². The van der Waals surface area contributed by atoms with Gasteiger partial charge >= 0.3 is 0 Å². The number of fused-ring (bicyclic) bond motifs is 4. The van der Waals surface area contributed by atoms with E-state index in [0.29, 0.717) is 17.8 Å². The monoisotopic (exact) mass is 421 g/mol. The van der Waals surface area contributed by atoms with Gasteiger partial charge in [0.25, 0.3) is 0 Å². The summed E-state index contributed by atoms with van der Waals surface area (Å²) in [5, 5.41) is 6.86. The molecule has 32 heavy (non-hydrogen) atoms. The zero-order chi connectivity index (χ0) is 22.2. The van der Waals surface area contributed by atoms with E-state index in [-0.39, 0.29) is 5.78 Å². The predicted octanol–water partition coefficient (Wildman–Crippen LogP) is 5.84. The van der Waals surface area contributed by atoms with E-state index in [1.165, 1.54) is 0 Å². The summed E-state index contributed by atoms with van der Waals surface area (Å²) in [5.74, 6) is 0.757. The molecule has 5 nitrogen and oxygen atoms in total. The van der Waals surface area contributed by atoms with Gasteiger partial charge in [0.15, 0.2) is 5.78 Å². The SMILES string of the molecule is C=CCn1c2ccccc2n2nc(C)c(C(=O)C=Cc3ccc4cc(OC)ccc4c3)c12. The number of rotatable bonds is 6. The number of carbonyl (C=O) groups excluding carboxylic acids is 1. The zero-order valence-corrected chi connectivity index (χ0v) is 18.1. The predicted molar refractivity (Wildman–Crippen MR) is 129 cm³/mol. The summed E-state index contributed by atoms with van der Waals surface area (Å²) < 4.78 is 9.24. The third kappa shape index (κ3) is 3.19. The van der Waals surface area contributed by atoms with Gasteiger partial charge in [-0.1, -0.05) is 42.5 Å². The fourth-order valence-electron chi connectivity index (χ4n) is 4.25. The standard InChI is InChI=1S/C27H23N3O2/c1-4-15-29-23-7-5-6-8-24(23)30-27(29)26(18(2)28-30)25(31)14-10-19-9-11-21-17-22(32-3)13-12-20(21)16-19/h4-14,16-17H,1,15H2,2-3H3. The van der Waals surface area contributed by atoms with Gasteiger partial charge < -0.3 is 9.30 Å². The summed E-state index contributed by atoms with van der Waals surface area (Å²) in [6.07, 6.45) is 5.32. The number of allylic oxidation sites excluding steroid dienone is 2. The lowest BCUT2D eigenvalue weighted by Crippen LogP contribution is -2.02. The van der Waals surface area contributed by atoms with Crippen molar-refractivity contribution in [3.05, 3.63) is 96.2 Å². The van der Waals surface area contributed by atoms with Crippen LogP contribution < -0.4 is 4.74 Å². The highest BCUT2D eigenvalue weighted by atomic mass is 16.5. The molecule has 0 aliphatic carbocycles. The number of aromatic nitrogens is 3. The van der Waals surface area contributed by atoms with Crippen LogP contribution in [0.4, 0.5) is 0 Å². The average Bonchev–Trinajstić information content (AvgIpc) is 3.31. The Morgan fingerprint density at radius 3 is 2.59 bits per heavy atom. The van der Waals surface area contributed by atoms with Crippen LogP contribution in [0.1, 0.15) is 21.6 Å². The molecule has 0 spiro atoms. The maximum absolute atomic E-state index is 13.3. The number of methoxy groups -OCH3 is 1. The first-order valence-electron chi connectivity index (χ1n) is 10.5. The quantitative estimate of drug-likeness (QED) is 0.197. The minimum Gasteiger partial charge on any atom is -0.497 e. The van der Waals surface area contributed by atoms with Gasteiger partial charge in [0.1, 0.15) is 11.4 Å². The molecule has 0 saturated carbocycles. The minimum atomic E-state index is -0.0690. The molecular formula is C27H23N3O2. The van der Waals surface area contributed by atoms with Gasteiger partial charge in [-0.2, -0.15) is 5.10 Å². The Hall–Kier alpha value is -4.12. The lowest BCUT2D eigenvalue weighted by Gasteiger charge is -2.04. The average molecular weight is 422 g/mol. The molecule has 0 amide bonds. The van der Waals surface area contributed by atoms with Crippen molar-refractivity contribution in [2.45, 2.75) is 13.5 Å². The Kier molecular flexibility index (Phi) is 4.86. The maximum atomic E-state index is 13.3. The van der Waals surface area contributed by atoms with E-state index in [1.54, 1.807) is 13.2 Å². The smallest absolute Gasteiger partial charge is 0.191 e. The lowest BCUT2D eigenvalue weighted by atomic mass is 10.1. The summed E-state index contributed by atoms with van der Waals surface area (Å²) in [6.45, 7) is 6.36. The van der Waals surface area contributed by atoms with Crippen LogP contribution in [0.15, 0.2) is 79.4 Å². The summed E-state index contributed by atoms with van der Waals surface area (Å²) in [4.78, 5) is 13.3. The van der Waals surface area contributed by atoms with Crippen molar-refractivity contribution in [2.24, 2.45) is 0 Å². The first-order valence-corrected chi connectivity index (χ1v) is 10.5. The van der Waals surface area contributed by atoms with Crippen molar-refractivity contribution in [2.75, 3.05) is 7.11 Å². The molecule has 0 bridgehead atoms. The van der Waals surface area contributed by atoms with E-state index in [9.17, 15) is 4.79 Å². The van der Waals surface area contributed by atoms with Crippen LogP contribution in [0.25, 0.3) is 33.5 Å². The molecule has 0 atom stereocenters. The summed E-state index contributed by atoms with van der Waals surface area (Å²) in [7, 11) is 1.66. The second-order valence-corrected chi connectivity index (χ2v) is 7.75. The third-order valence-corrected chi connectivity index (χ3v) is 5.75. The van der Waals surface area contributed by atoms with Crippen LogP contribution >= 0.6 is 0 Å². The fourth-order valence-corrected chi connectivity index (χ4v) is 4.25. The number of nitrogens with zero attached hydrogens (tertiary/aromatic N) is 3.